The Balaban J connectivity index is 2.56. The van der Waals surface area contributed by atoms with Crippen molar-refractivity contribution >= 4 is 11.6 Å². The lowest BCUT2D eigenvalue weighted by atomic mass is 10.1. The number of pyridine rings is 1. The fraction of sp³-hybridized carbons (Fsp3) is 0.429. The van der Waals surface area contributed by atoms with Crippen LogP contribution in [0.25, 0.3) is 5.82 Å². The van der Waals surface area contributed by atoms with Crippen LogP contribution in [0.2, 0.25) is 5.15 Å². The first-order valence-corrected chi connectivity index (χ1v) is 6.84. The van der Waals surface area contributed by atoms with E-state index in [1.807, 2.05) is 18.7 Å². The average Bonchev–Trinajstić information content (AvgIpc) is 2.59. The summed E-state index contributed by atoms with van der Waals surface area (Å²) in [6.07, 6.45) is 2.90. The van der Waals surface area contributed by atoms with E-state index in [4.69, 9.17) is 11.6 Å². The van der Waals surface area contributed by atoms with Gasteiger partial charge in [0.2, 0.25) is 0 Å². The number of halogens is 1. The molecule has 4 nitrogen and oxygen atoms in total. The highest BCUT2D eigenvalue weighted by atomic mass is 35.5. The zero-order valence-electron chi connectivity index (χ0n) is 11.5. The number of hydrogen-bond acceptors (Lipinski definition) is 2. The maximum atomic E-state index is 12.5. The van der Waals surface area contributed by atoms with Crippen LogP contribution in [0.4, 0.5) is 0 Å². The summed E-state index contributed by atoms with van der Waals surface area (Å²) in [6.45, 7) is 4.09. The molecule has 0 fully saturated rings. The van der Waals surface area contributed by atoms with Gasteiger partial charge in [-0.2, -0.15) is 4.68 Å². The molecule has 0 aliphatic rings. The lowest BCUT2D eigenvalue weighted by Gasteiger charge is -2.07. The van der Waals surface area contributed by atoms with E-state index < -0.39 is 0 Å². The molecule has 0 aliphatic carbocycles. The maximum absolute atomic E-state index is 12.5. The van der Waals surface area contributed by atoms with Gasteiger partial charge in [0.1, 0.15) is 5.15 Å². The summed E-state index contributed by atoms with van der Waals surface area (Å²) in [6, 6.07) is 5.28. The Labute approximate surface area is 117 Å². The molecule has 0 aliphatic heterocycles. The summed E-state index contributed by atoms with van der Waals surface area (Å²) in [5.41, 5.74) is 1.86. The zero-order valence-corrected chi connectivity index (χ0v) is 12.2. The van der Waals surface area contributed by atoms with Crippen LogP contribution in [0.15, 0.2) is 23.0 Å². The van der Waals surface area contributed by atoms with Crippen molar-refractivity contribution in [3.63, 3.8) is 0 Å². The molecular weight excluding hydrogens is 262 g/mol. The molecule has 2 heterocycles. The van der Waals surface area contributed by atoms with Crippen molar-refractivity contribution in [2.75, 3.05) is 0 Å². The Bertz CT molecular complexity index is 643. The molecule has 5 heteroatoms. The normalized spacial score (nSPS) is 10.9. The van der Waals surface area contributed by atoms with E-state index in [0.29, 0.717) is 11.0 Å². The standard InChI is InChI=1S/C14H18ClN3O/c1-4-5-7-11-10(2)17(3)18(14(11)19)13-9-6-8-12(15)16-13/h6,8-9H,4-5,7H2,1-3H3. The monoisotopic (exact) mass is 279 g/mol. The van der Waals surface area contributed by atoms with Crippen LogP contribution >= 0.6 is 11.6 Å². The average molecular weight is 280 g/mol. The minimum atomic E-state index is 0.00298. The van der Waals surface area contributed by atoms with E-state index in [2.05, 4.69) is 11.9 Å². The van der Waals surface area contributed by atoms with Gasteiger partial charge in [-0.05, 0) is 31.9 Å². The van der Waals surface area contributed by atoms with Gasteiger partial charge in [-0.25, -0.2) is 4.98 Å². The van der Waals surface area contributed by atoms with Crippen molar-refractivity contribution in [3.05, 3.63) is 45.0 Å². The second-order valence-electron chi connectivity index (χ2n) is 4.63. The second kappa shape index (κ2) is 5.61. The number of rotatable bonds is 4. The first kappa shape index (κ1) is 13.9. The van der Waals surface area contributed by atoms with E-state index in [1.165, 1.54) is 0 Å². The molecule has 0 N–H and O–H groups in total. The summed E-state index contributed by atoms with van der Waals surface area (Å²) in [4.78, 5) is 16.7. The van der Waals surface area contributed by atoms with E-state index in [1.54, 1.807) is 22.9 Å². The highest BCUT2D eigenvalue weighted by Crippen LogP contribution is 2.12. The molecule has 19 heavy (non-hydrogen) atoms. The van der Waals surface area contributed by atoms with E-state index >= 15 is 0 Å². The van der Waals surface area contributed by atoms with Gasteiger partial charge in [0.25, 0.3) is 5.56 Å². The largest absolute Gasteiger partial charge is 0.284 e. The van der Waals surface area contributed by atoms with Crippen molar-refractivity contribution in [2.24, 2.45) is 7.05 Å². The van der Waals surface area contributed by atoms with Gasteiger partial charge in [0, 0.05) is 18.3 Å². The van der Waals surface area contributed by atoms with Gasteiger partial charge in [0.05, 0.1) is 0 Å². The fourth-order valence-electron chi connectivity index (χ4n) is 2.18. The van der Waals surface area contributed by atoms with Crippen LogP contribution in [-0.2, 0) is 13.5 Å². The van der Waals surface area contributed by atoms with Crippen molar-refractivity contribution in [1.82, 2.24) is 14.3 Å². The molecule has 2 aromatic heterocycles. The van der Waals surface area contributed by atoms with Crippen molar-refractivity contribution in [3.8, 4) is 5.82 Å². The third-order valence-electron chi connectivity index (χ3n) is 3.37. The molecule has 2 rings (SSSR count). The van der Waals surface area contributed by atoms with Gasteiger partial charge < -0.3 is 0 Å². The Morgan fingerprint density at radius 3 is 2.74 bits per heavy atom. The molecule has 0 saturated heterocycles. The first-order chi connectivity index (χ1) is 9.06. The lowest BCUT2D eigenvalue weighted by molar-refractivity contribution is 0.618. The van der Waals surface area contributed by atoms with Crippen LogP contribution in [0.5, 0.6) is 0 Å². The van der Waals surface area contributed by atoms with E-state index in [-0.39, 0.29) is 5.56 Å². The molecular formula is C14H18ClN3O. The SMILES string of the molecule is CCCCc1c(C)n(C)n(-c2cccc(Cl)n2)c1=O. The number of nitrogens with zero attached hydrogens (tertiary/aromatic N) is 3. The lowest BCUT2D eigenvalue weighted by Crippen LogP contribution is -2.22. The fourth-order valence-corrected chi connectivity index (χ4v) is 2.34. The molecule has 0 bridgehead atoms. The molecule has 0 unspecified atom stereocenters. The zero-order chi connectivity index (χ0) is 14.0. The van der Waals surface area contributed by atoms with E-state index in [0.717, 1.165) is 30.5 Å². The van der Waals surface area contributed by atoms with Crippen LogP contribution in [0.1, 0.15) is 31.0 Å². The third kappa shape index (κ3) is 2.59. The Morgan fingerprint density at radius 2 is 2.11 bits per heavy atom. The van der Waals surface area contributed by atoms with Crippen LogP contribution in [0.3, 0.4) is 0 Å². The van der Waals surface area contributed by atoms with Gasteiger partial charge in [-0.1, -0.05) is 31.0 Å². The molecule has 102 valence electrons. The van der Waals surface area contributed by atoms with Crippen molar-refractivity contribution in [1.29, 1.82) is 0 Å². The maximum Gasteiger partial charge on any atom is 0.276 e. The van der Waals surface area contributed by atoms with Crippen molar-refractivity contribution in [2.45, 2.75) is 33.1 Å². The summed E-state index contributed by atoms with van der Waals surface area (Å²) >= 11 is 5.89. The number of aromatic nitrogens is 3. The summed E-state index contributed by atoms with van der Waals surface area (Å²) in [7, 11) is 1.87. The molecule has 0 radical (unpaired) electrons. The minimum absolute atomic E-state index is 0.00298. The molecule has 0 atom stereocenters. The number of hydrogen-bond donors (Lipinski definition) is 0. The van der Waals surface area contributed by atoms with E-state index in [9.17, 15) is 4.79 Å². The molecule has 0 amide bonds. The smallest absolute Gasteiger partial charge is 0.276 e. The van der Waals surface area contributed by atoms with Crippen LogP contribution in [0, 0.1) is 6.92 Å². The van der Waals surface area contributed by atoms with Gasteiger partial charge in [0.15, 0.2) is 5.82 Å². The summed E-state index contributed by atoms with van der Waals surface area (Å²) in [5, 5.41) is 0.387. The second-order valence-corrected chi connectivity index (χ2v) is 5.01. The first-order valence-electron chi connectivity index (χ1n) is 6.46. The minimum Gasteiger partial charge on any atom is -0.284 e. The summed E-state index contributed by atoms with van der Waals surface area (Å²) < 4.78 is 3.41. The Hall–Kier alpha value is -1.55. The predicted octanol–water partition coefficient (Wildman–Crippen LogP) is 2.88. The van der Waals surface area contributed by atoms with Gasteiger partial charge in [-0.3, -0.25) is 9.48 Å². The molecule has 2 aromatic rings. The van der Waals surface area contributed by atoms with Gasteiger partial charge >= 0.3 is 0 Å². The van der Waals surface area contributed by atoms with Crippen molar-refractivity contribution < 1.29 is 0 Å². The quantitative estimate of drug-likeness (QED) is 0.808. The summed E-state index contributed by atoms with van der Waals surface area (Å²) in [5.74, 6) is 0.561. The highest BCUT2D eigenvalue weighted by molar-refractivity contribution is 6.29. The highest BCUT2D eigenvalue weighted by Gasteiger charge is 2.16. The van der Waals surface area contributed by atoms with Crippen LogP contribution < -0.4 is 5.56 Å². The number of unbranched alkanes of at least 4 members (excludes halogenated alkanes) is 1. The molecule has 0 saturated carbocycles. The molecule has 0 aromatic carbocycles. The van der Waals surface area contributed by atoms with Gasteiger partial charge in [-0.15, -0.1) is 0 Å². The Kier molecular flexibility index (Phi) is 4.10. The van der Waals surface area contributed by atoms with Crippen LogP contribution in [-0.4, -0.2) is 14.3 Å². The Morgan fingerprint density at radius 1 is 1.37 bits per heavy atom. The third-order valence-corrected chi connectivity index (χ3v) is 3.58. The predicted molar refractivity (Wildman–Crippen MR) is 77.2 cm³/mol. The topological polar surface area (TPSA) is 39.8 Å². The molecule has 0 spiro atoms.